The normalized spacial score (nSPS) is 26.3. The number of alkyl halides is 16. The molecule has 1 heterocycles. The van der Waals surface area contributed by atoms with Crippen molar-refractivity contribution in [1.82, 2.24) is 0 Å². The molecule has 3 rings (SSSR count). The van der Waals surface area contributed by atoms with Gasteiger partial charge in [0.2, 0.25) is 0 Å². The second kappa shape index (κ2) is 13.0. The summed E-state index contributed by atoms with van der Waals surface area (Å²) in [5.74, 6) is -40.7. The van der Waals surface area contributed by atoms with E-state index in [-0.39, 0.29) is 12.8 Å². The molecule has 53 heavy (non-hydrogen) atoms. The summed E-state index contributed by atoms with van der Waals surface area (Å²) in [6.07, 6.45) is -15.8. The van der Waals surface area contributed by atoms with Crippen LogP contribution in [0.15, 0.2) is 0 Å². The van der Waals surface area contributed by atoms with E-state index in [1.807, 2.05) is 0 Å². The molecule has 3 atom stereocenters. The number of carbonyl (C=O) groups excluding carboxylic acids is 3. The van der Waals surface area contributed by atoms with E-state index < -0.39 is 126 Å². The van der Waals surface area contributed by atoms with Crippen LogP contribution >= 0.6 is 23.5 Å². The molecule has 0 amide bonds. The van der Waals surface area contributed by atoms with Crippen molar-refractivity contribution in [3.05, 3.63) is 0 Å². The average molecular weight is 869 g/mol. The van der Waals surface area contributed by atoms with Gasteiger partial charge >= 0.3 is 69.3 Å². The highest BCUT2D eigenvalue weighted by Crippen LogP contribution is 2.78. The van der Waals surface area contributed by atoms with Crippen molar-refractivity contribution in [2.45, 2.75) is 85.1 Å². The van der Waals surface area contributed by atoms with Crippen LogP contribution in [0, 0.1) is 22.2 Å². The first-order valence-electron chi connectivity index (χ1n) is 14.1. The fourth-order valence-electron chi connectivity index (χ4n) is 6.24. The molecule has 1 spiro atoms. The van der Waals surface area contributed by atoms with Gasteiger partial charge in [-0.15, -0.1) is 23.5 Å². The molecule has 9 nitrogen and oxygen atoms in total. The minimum absolute atomic E-state index is 0.0765. The van der Waals surface area contributed by atoms with Gasteiger partial charge in [-0.3, -0.25) is 4.55 Å². The lowest BCUT2D eigenvalue weighted by atomic mass is 9.70. The topological polar surface area (TPSA) is 133 Å². The third kappa shape index (κ3) is 6.68. The van der Waals surface area contributed by atoms with Gasteiger partial charge in [0.25, 0.3) is 0 Å². The number of fused-ring (bicyclic) bond motifs is 3. The van der Waals surface area contributed by atoms with E-state index in [1.54, 1.807) is 0 Å². The second-order valence-corrected chi connectivity index (χ2v) is 17.4. The summed E-state index contributed by atoms with van der Waals surface area (Å²) >= 11 is 0.731. The Labute approximate surface area is 295 Å². The molecule has 28 heteroatoms. The summed E-state index contributed by atoms with van der Waals surface area (Å²) in [6, 6.07) is 0. The fourth-order valence-corrected chi connectivity index (χ4v) is 11.0. The van der Waals surface area contributed by atoms with Crippen molar-refractivity contribution >= 4 is 51.5 Å². The van der Waals surface area contributed by atoms with Crippen molar-refractivity contribution in [1.29, 1.82) is 0 Å². The summed E-state index contributed by atoms with van der Waals surface area (Å²) in [6.45, 7) is 0.650. The van der Waals surface area contributed by atoms with Gasteiger partial charge in [-0.1, -0.05) is 20.8 Å². The maximum atomic E-state index is 14.3. The quantitative estimate of drug-likeness (QED) is 0.102. The van der Waals surface area contributed by atoms with Crippen molar-refractivity contribution in [3.63, 3.8) is 0 Å². The van der Waals surface area contributed by atoms with E-state index in [9.17, 15) is 93.0 Å². The van der Waals surface area contributed by atoms with E-state index >= 15 is 0 Å². The standard InChI is InChI=1S/C25H24F16O9S3/c1-15(2)10-4-5-16(15,3)20(11(10)50-14(44)21(30,31)53(45,46)47)51-8-17(9-52-20,6-48-12(42)18(26,27)22(32,33)24(36,37)38)7-49-13(43)19(28,29)23(34,35)25(39,40)41/h10-11H,4-9H2,1-3H3,(H,45,46,47). The maximum absolute atomic E-state index is 14.3. The smallest absolute Gasteiger partial charge is 0.460 e. The van der Waals surface area contributed by atoms with E-state index in [0.717, 1.165) is 0 Å². The molecule has 0 aromatic carbocycles. The van der Waals surface area contributed by atoms with Gasteiger partial charge in [-0.05, 0) is 18.3 Å². The minimum Gasteiger partial charge on any atom is -0.460 e. The number of esters is 3. The summed E-state index contributed by atoms with van der Waals surface area (Å²) < 4.78 is 256. The Kier molecular flexibility index (Phi) is 11.1. The number of thioether (sulfide) groups is 2. The van der Waals surface area contributed by atoms with Crippen LogP contribution in [-0.4, -0.2) is 107 Å². The van der Waals surface area contributed by atoms with Gasteiger partial charge in [0.1, 0.15) is 23.4 Å². The largest absolute Gasteiger partial charge is 0.465 e. The van der Waals surface area contributed by atoms with Crippen LogP contribution in [0.2, 0.25) is 0 Å². The summed E-state index contributed by atoms with van der Waals surface area (Å²) in [5, 5.41) is -5.56. The van der Waals surface area contributed by atoms with E-state index in [1.165, 1.54) is 20.8 Å². The zero-order valence-corrected chi connectivity index (χ0v) is 28.8. The lowest BCUT2D eigenvalue weighted by molar-refractivity contribution is -0.349. The number of carbonyl (C=O) groups is 3. The first-order chi connectivity index (χ1) is 23.3. The zero-order chi connectivity index (χ0) is 41.7. The Morgan fingerprint density at radius 2 is 1.08 bits per heavy atom. The average Bonchev–Trinajstić information content (AvgIpc) is 3.30. The van der Waals surface area contributed by atoms with Crippen molar-refractivity contribution in [2.24, 2.45) is 22.2 Å². The summed E-state index contributed by atoms with van der Waals surface area (Å²) in [4.78, 5) is 36.2. The Morgan fingerprint density at radius 1 is 0.698 bits per heavy atom. The lowest BCUT2D eigenvalue weighted by Gasteiger charge is -2.54. The molecule has 0 aromatic heterocycles. The van der Waals surface area contributed by atoms with Crippen molar-refractivity contribution < 1.29 is 112 Å². The molecule has 0 aromatic rings. The van der Waals surface area contributed by atoms with E-state index in [2.05, 4.69) is 9.47 Å². The molecule has 1 N–H and O–H groups in total. The molecule has 3 unspecified atom stereocenters. The Hall–Kier alpha value is -2.10. The highest BCUT2D eigenvalue weighted by molar-refractivity contribution is 8.19. The summed E-state index contributed by atoms with van der Waals surface area (Å²) in [7, 11) is -6.44. The zero-order valence-electron chi connectivity index (χ0n) is 26.4. The number of rotatable bonds is 11. The number of ether oxygens (including phenoxy) is 3. The minimum atomic E-state index is -7.10. The van der Waals surface area contributed by atoms with Crippen LogP contribution in [-0.2, 0) is 38.7 Å². The van der Waals surface area contributed by atoms with Crippen LogP contribution in [0.25, 0.3) is 0 Å². The predicted molar refractivity (Wildman–Crippen MR) is 145 cm³/mol. The van der Waals surface area contributed by atoms with Gasteiger partial charge in [0.05, 0.1) is 5.41 Å². The Balaban J connectivity index is 2.04. The van der Waals surface area contributed by atoms with E-state index in [0.29, 0.717) is 23.5 Å². The number of hydrogen-bond acceptors (Lipinski definition) is 10. The first-order valence-corrected chi connectivity index (χ1v) is 17.5. The second-order valence-electron chi connectivity index (χ2n) is 13.2. The third-order valence-electron chi connectivity index (χ3n) is 9.83. The van der Waals surface area contributed by atoms with Crippen LogP contribution in [0.5, 0.6) is 0 Å². The molecule has 2 bridgehead atoms. The van der Waals surface area contributed by atoms with Gasteiger partial charge in [0, 0.05) is 22.8 Å². The van der Waals surface area contributed by atoms with Gasteiger partial charge in [0.15, 0.2) is 0 Å². The van der Waals surface area contributed by atoms with Gasteiger partial charge in [-0.2, -0.15) is 78.7 Å². The SMILES string of the molecule is CC1(C)C2CCC1(C)C1(SCC(COC(=O)C(F)(F)C(F)(F)C(F)(F)F)(COC(=O)C(F)(F)C(F)(F)C(F)(F)F)CS1)C2OC(=O)C(F)(F)S(=O)(=O)O. The molecular weight excluding hydrogens is 844 g/mol. The molecule has 2 aliphatic carbocycles. The lowest BCUT2D eigenvalue weighted by Crippen LogP contribution is -2.59. The maximum Gasteiger partial charge on any atom is 0.465 e. The van der Waals surface area contributed by atoms with Gasteiger partial charge < -0.3 is 14.2 Å². The monoisotopic (exact) mass is 868 g/mol. The molecular formula is C25H24F16O9S3. The molecule has 3 aliphatic rings. The molecule has 2 saturated carbocycles. The van der Waals surface area contributed by atoms with Crippen molar-refractivity contribution in [3.8, 4) is 0 Å². The highest BCUT2D eigenvalue weighted by Gasteiger charge is 2.80. The van der Waals surface area contributed by atoms with Crippen LogP contribution in [0.3, 0.4) is 0 Å². The van der Waals surface area contributed by atoms with Crippen molar-refractivity contribution in [2.75, 3.05) is 24.7 Å². The Bertz CT molecular complexity index is 1530. The molecule has 0 radical (unpaired) electrons. The predicted octanol–water partition coefficient (Wildman–Crippen LogP) is 6.75. The van der Waals surface area contributed by atoms with E-state index in [4.69, 9.17) is 9.29 Å². The fraction of sp³-hybridized carbons (Fsp3) is 0.880. The highest BCUT2D eigenvalue weighted by atomic mass is 32.2. The van der Waals surface area contributed by atoms with Crippen LogP contribution in [0.1, 0.15) is 33.6 Å². The number of halogens is 16. The first kappa shape index (κ1) is 45.3. The third-order valence-corrected chi connectivity index (χ3v) is 15.1. The molecule has 1 saturated heterocycles. The van der Waals surface area contributed by atoms with Crippen LogP contribution in [0.4, 0.5) is 70.2 Å². The number of hydrogen-bond donors (Lipinski definition) is 1. The van der Waals surface area contributed by atoms with Crippen LogP contribution < -0.4 is 0 Å². The molecule has 308 valence electrons. The van der Waals surface area contributed by atoms with Gasteiger partial charge in [-0.25, -0.2) is 14.4 Å². The molecule has 1 aliphatic heterocycles. The summed E-state index contributed by atoms with van der Waals surface area (Å²) in [5.41, 5.74) is -4.96. The molecule has 3 fully saturated rings. The Morgan fingerprint density at radius 3 is 1.42 bits per heavy atom.